The molecule has 188 valence electrons. The number of hydrogen-bond acceptors (Lipinski definition) is 5. The summed E-state index contributed by atoms with van der Waals surface area (Å²) < 4.78 is 16.1. The van der Waals surface area contributed by atoms with E-state index in [-0.39, 0.29) is 24.4 Å². The second-order valence-electron chi connectivity index (χ2n) is 8.80. The summed E-state index contributed by atoms with van der Waals surface area (Å²) in [4.78, 5) is 30.5. The average molecular weight is 489 g/mol. The van der Waals surface area contributed by atoms with Crippen LogP contribution in [0.2, 0.25) is 0 Å². The topological polar surface area (TPSA) is 68.3 Å². The minimum atomic E-state index is -0.228. The van der Waals surface area contributed by atoms with Gasteiger partial charge < -0.3 is 24.0 Å². The van der Waals surface area contributed by atoms with Crippen molar-refractivity contribution in [2.75, 3.05) is 34.4 Å². The summed E-state index contributed by atoms with van der Waals surface area (Å²) in [5, 5.41) is 0. The zero-order valence-corrected chi connectivity index (χ0v) is 21.0. The fourth-order valence-corrected chi connectivity index (χ4v) is 4.59. The van der Waals surface area contributed by atoms with E-state index < -0.39 is 0 Å². The third kappa shape index (κ3) is 5.79. The van der Waals surface area contributed by atoms with Crippen molar-refractivity contribution in [3.05, 3.63) is 89.5 Å². The molecule has 1 atom stereocenters. The molecule has 7 nitrogen and oxygen atoms in total. The van der Waals surface area contributed by atoms with Gasteiger partial charge in [-0.2, -0.15) is 0 Å². The van der Waals surface area contributed by atoms with Crippen molar-refractivity contribution >= 4 is 11.8 Å². The Balaban J connectivity index is 1.58. The number of methoxy groups -OCH3 is 3. The summed E-state index contributed by atoms with van der Waals surface area (Å²) in [6, 6.07) is 22.9. The predicted molar refractivity (Wildman–Crippen MR) is 138 cm³/mol. The number of aryl methyl sites for hydroxylation is 1. The van der Waals surface area contributed by atoms with Crippen LogP contribution in [0.25, 0.3) is 0 Å². The van der Waals surface area contributed by atoms with E-state index in [2.05, 4.69) is 12.1 Å². The quantitative estimate of drug-likeness (QED) is 0.452. The molecule has 0 aromatic heterocycles. The number of nitrogens with zero attached hydrogens (tertiary/aromatic N) is 2. The van der Waals surface area contributed by atoms with Crippen molar-refractivity contribution < 1.29 is 23.8 Å². The van der Waals surface area contributed by atoms with Gasteiger partial charge >= 0.3 is 0 Å². The van der Waals surface area contributed by atoms with E-state index in [1.807, 2.05) is 47.4 Å². The van der Waals surface area contributed by atoms with Crippen LogP contribution < -0.4 is 14.2 Å². The van der Waals surface area contributed by atoms with Crippen LogP contribution in [0, 0.1) is 0 Å². The van der Waals surface area contributed by atoms with E-state index >= 15 is 0 Å². The van der Waals surface area contributed by atoms with Gasteiger partial charge in [-0.05, 0) is 48.2 Å². The Bertz CT molecular complexity index is 1200. The van der Waals surface area contributed by atoms with Crippen LogP contribution in [-0.4, -0.2) is 62.1 Å². The lowest BCUT2D eigenvalue weighted by Gasteiger charge is -2.41. The lowest BCUT2D eigenvalue weighted by molar-refractivity contribution is -0.139. The molecule has 4 rings (SSSR count). The highest BCUT2D eigenvalue weighted by Gasteiger charge is 2.35. The van der Waals surface area contributed by atoms with Gasteiger partial charge in [0.25, 0.3) is 5.91 Å². The first-order chi connectivity index (χ1) is 17.5. The molecule has 0 unspecified atom stereocenters. The minimum Gasteiger partial charge on any atom is -0.497 e. The number of ether oxygens (including phenoxy) is 3. The molecule has 0 radical (unpaired) electrons. The second-order valence-corrected chi connectivity index (χ2v) is 8.80. The van der Waals surface area contributed by atoms with Crippen molar-refractivity contribution in [2.24, 2.45) is 0 Å². The maximum atomic E-state index is 13.5. The Hall–Kier alpha value is -4.00. The number of carbonyl (C=O) groups is 2. The van der Waals surface area contributed by atoms with Gasteiger partial charge in [-0.3, -0.25) is 9.59 Å². The van der Waals surface area contributed by atoms with Crippen molar-refractivity contribution in [1.82, 2.24) is 9.80 Å². The molecule has 1 aliphatic heterocycles. The van der Waals surface area contributed by atoms with E-state index in [0.29, 0.717) is 30.2 Å². The monoisotopic (exact) mass is 488 g/mol. The van der Waals surface area contributed by atoms with E-state index in [0.717, 1.165) is 24.2 Å². The molecule has 0 bridgehead atoms. The van der Waals surface area contributed by atoms with Gasteiger partial charge in [0.1, 0.15) is 23.8 Å². The zero-order chi connectivity index (χ0) is 25.5. The normalized spacial score (nSPS) is 15.5. The highest BCUT2D eigenvalue weighted by Crippen LogP contribution is 2.28. The first-order valence-corrected chi connectivity index (χ1v) is 12.0. The summed E-state index contributed by atoms with van der Waals surface area (Å²) in [5.74, 6) is 1.47. The van der Waals surface area contributed by atoms with Crippen LogP contribution in [0.15, 0.2) is 72.8 Å². The number of carbonyl (C=O) groups excluding carboxylic acids is 2. The Morgan fingerprint density at radius 2 is 1.58 bits per heavy atom. The van der Waals surface area contributed by atoms with Gasteiger partial charge in [0.2, 0.25) is 5.91 Å². The predicted octanol–water partition coefficient (Wildman–Crippen LogP) is 4.20. The number of piperazine rings is 1. The Morgan fingerprint density at radius 1 is 0.861 bits per heavy atom. The van der Waals surface area contributed by atoms with Gasteiger partial charge in [0.05, 0.1) is 32.9 Å². The summed E-state index contributed by atoms with van der Waals surface area (Å²) in [6.07, 6.45) is 1.55. The molecule has 7 heteroatoms. The van der Waals surface area contributed by atoms with Crippen LogP contribution in [0.3, 0.4) is 0 Å². The molecular weight excluding hydrogens is 456 g/mol. The Morgan fingerprint density at radius 3 is 2.31 bits per heavy atom. The zero-order valence-electron chi connectivity index (χ0n) is 21.0. The van der Waals surface area contributed by atoms with Crippen LogP contribution >= 0.6 is 0 Å². The molecule has 1 saturated heterocycles. The molecule has 36 heavy (non-hydrogen) atoms. The molecule has 1 fully saturated rings. The molecule has 0 aliphatic carbocycles. The standard InChI is InChI=1S/C29H32N2O5/c1-34-24-11-7-10-22(16-24)18-31-23(13-12-21-8-5-4-6-9-21)19-30(20-28(31)32)29(33)26-15-14-25(35-2)17-27(26)36-3/h4-11,14-17,23H,12-13,18-20H2,1-3H3/t23-/m0/s1. The highest BCUT2D eigenvalue weighted by molar-refractivity contribution is 5.99. The molecule has 0 spiro atoms. The average Bonchev–Trinajstić information content (AvgIpc) is 2.93. The van der Waals surface area contributed by atoms with Crippen molar-refractivity contribution in [3.8, 4) is 17.2 Å². The van der Waals surface area contributed by atoms with E-state index in [4.69, 9.17) is 14.2 Å². The van der Waals surface area contributed by atoms with E-state index in [1.165, 1.54) is 12.7 Å². The lowest BCUT2D eigenvalue weighted by Crippen LogP contribution is -2.57. The third-order valence-corrected chi connectivity index (χ3v) is 6.54. The molecule has 3 aromatic carbocycles. The third-order valence-electron chi connectivity index (χ3n) is 6.54. The largest absolute Gasteiger partial charge is 0.497 e. The molecule has 0 N–H and O–H groups in total. The second kappa shape index (κ2) is 11.6. The molecule has 0 saturated carbocycles. The first kappa shape index (κ1) is 25.1. The van der Waals surface area contributed by atoms with Crippen LogP contribution in [0.5, 0.6) is 17.2 Å². The number of amides is 2. The lowest BCUT2D eigenvalue weighted by atomic mass is 10.00. The Kier molecular flexibility index (Phi) is 8.10. The molecule has 1 aliphatic rings. The molecular formula is C29H32N2O5. The van der Waals surface area contributed by atoms with Gasteiger partial charge in [-0.15, -0.1) is 0 Å². The fourth-order valence-electron chi connectivity index (χ4n) is 4.59. The summed E-state index contributed by atoms with van der Waals surface area (Å²) in [7, 11) is 4.71. The van der Waals surface area contributed by atoms with Crippen molar-refractivity contribution in [3.63, 3.8) is 0 Å². The Labute approximate surface area is 212 Å². The van der Waals surface area contributed by atoms with Gasteiger partial charge in [-0.25, -0.2) is 0 Å². The van der Waals surface area contributed by atoms with Crippen LogP contribution in [0.4, 0.5) is 0 Å². The molecule has 3 aromatic rings. The SMILES string of the molecule is COc1cccc(CN2C(=O)CN(C(=O)c3ccc(OC)cc3OC)C[C@@H]2CCc2ccccc2)c1. The smallest absolute Gasteiger partial charge is 0.258 e. The van der Waals surface area contributed by atoms with E-state index in [9.17, 15) is 9.59 Å². The van der Waals surface area contributed by atoms with E-state index in [1.54, 1.807) is 37.3 Å². The van der Waals surface area contributed by atoms with Crippen molar-refractivity contribution in [1.29, 1.82) is 0 Å². The van der Waals surface area contributed by atoms with Crippen LogP contribution in [0.1, 0.15) is 27.9 Å². The molecule has 2 amide bonds. The number of rotatable bonds is 9. The number of benzene rings is 3. The van der Waals surface area contributed by atoms with Gasteiger partial charge in [0.15, 0.2) is 0 Å². The van der Waals surface area contributed by atoms with Crippen molar-refractivity contribution in [2.45, 2.75) is 25.4 Å². The summed E-state index contributed by atoms with van der Waals surface area (Å²) in [5.41, 5.74) is 2.60. The highest BCUT2D eigenvalue weighted by atomic mass is 16.5. The maximum absolute atomic E-state index is 13.5. The molecule has 1 heterocycles. The summed E-state index contributed by atoms with van der Waals surface area (Å²) in [6.45, 7) is 0.916. The summed E-state index contributed by atoms with van der Waals surface area (Å²) >= 11 is 0. The first-order valence-electron chi connectivity index (χ1n) is 12.0. The van der Waals surface area contributed by atoms with Gasteiger partial charge in [-0.1, -0.05) is 42.5 Å². The van der Waals surface area contributed by atoms with Gasteiger partial charge in [0, 0.05) is 19.2 Å². The minimum absolute atomic E-state index is 0.0137. The number of hydrogen-bond donors (Lipinski definition) is 0. The maximum Gasteiger partial charge on any atom is 0.258 e. The fraction of sp³-hybridized carbons (Fsp3) is 0.310. The van der Waals surface area contributed by atoms with Crippen LogP contribution in [-0.2, 0) is 17.8 Å².